The molecule has 0 saturated carbocycles. The lowest BCUT2D eigenvalue weighted by atomic mass is 10.2. The maximum atomic E-state index is 12.3. The molecule has 22 heavy (non-hydrogen) atoms. The van der Waals surface area contributed by atoms with Crippen molar-refractivity contribution in [3.05, 3.63) is 52.0 Å². The van der Waals surface area contributed by atoms with Gasteiger partial charge >= 0.3 is 0 Å². The Morgan fingerprint density at radius 3 is 2.91 bits per heavy atom. The van der Waals surface area contributed by atoms with Gasteiger partial charge in [0, 0.05) is 30.7 Å². The minimum absolute atomic E-state index is 0.000498. The Bertz CT molecular complexity index is 684. The Kier molecular flexibility index (Phi) is 4.20. The van der Waals surface area contributed by atoms with Crippen LogP contribution in [0.4, 0.5) is 0 Å². The number of likely N-dealkylation sites (tertiary alicyclic amines) is 1. The van der Waals surface area contributed by atoms with E-state index in [0.29, 0.717) is 18.8 Å². The van der Waals surface area contributed by atoms with Gasteiger partial charge in [-0.2, -0.15) is 11.3 Å². The Morgan fingerprint density at radius 1 is 1.36 bits per heavy atom. The summed E-state index contributed by atoms with van der Waals surface area (Å²) in [6.45, 7) is 3.10. The third-order valence-corrected chi connectivity index (χ3v) is 4.66. The molecule has 2 amide bonds. The predicted molar refractivity (Wildman–Crippen MR) is 85.1 cm³/mol. The van der Waals surface area contributed by atoms with Crippen molar-refractivity contribution in [1.82, 2.24) is 15.2 Å². The molecule has 1 atom stereocenters. The van der Waals surface area contributed by atoms with Gasteiger partial charge in [-0.3, -0.25) is 14.6 Å². The number of carbonyl (C=O) groups is 2. The maximum Gasteiger partial charge on any atom is 0.272 e. The highest BCUT2D eigenvalue weighted by Crippen LogP contribution is 2.16. The van der Waals surface area contributed by atoms with E-state index in [2.05, 4.69) is 10.3 Å². The van der Waals surface area contributed by atoms with Gasteiger partial charge in [0.25, 0.3) is 11.8 Å². The highest BCUT2D eigenvalue weighted by atomic mass is 32.1. The highest BCUT2D eigenvalue weighted by molar-refractivity contribution is 7.08. The fraction of sp³-hybridized carbons (Fsp3) is 0.312. The minimum atomic E-state index is -0.0796. The summed E-state index contributed by atoms with van der Waals surface area (Å²) in [5, 5.41) is 6.83. The third kappa shape index (κ3) is 3.01. The molecule has 3 heterocycles. The Hall–Kier alpha value is -2.21. The van der Waals surface area contributed by atoms with Gasteiger partial charge in [0.05, 0.1) is 5.56 Å². The summed E-state index contributed by atoms with van der Waals surface area (Å²) in [7, 11) is 0. The molecule has 2 aromatic rings. The first kappa shape index (κ1) is 14.7. The molecular weight excluding hydrogens is 298 g/mol. The van der Waals surface area contributed by atoms with Crippen LogP contribution in [0.3, 0.4) is 0 Å². The number of nitrogens with zero attached hydrogens (tertiary/aromatic N) is 2. The lowest BCUT2D eigenvalue weighted by Crippen LogP contribution is -2.38. The number of thiophene rings is 1. The van der Waals surface area contributed by atoms with Crippen molar-refractivity contribution < 1.29 is 9.59 Å². The number of hydrogen-bond donors (Lipinski definition) is 1. The molecule has 1 aliphatic heterocycles. The van der Waals surface area contributed by atoms with Crippen LogP contribution in [0.1, 0.15) is 32.8 Å². The number of pyridine rings is 1. The quantitative estimate of drug-likeness (QED) is 0.943. The number of rotatable bonds is 3. The molecule has 2 aromatic heterocycles. The first-order valence-corrected chi connectivity index (χ1v) is 8.13. The topological polar surface area (TPSA) is 62.3 Å². The van der Waals surface area contributed by atoms with E-state index in [9.17, 15) is 9.59 Å². The van der Waals surface area contributed by atoms with E-state index in [-0.39, 0.29) is 17.9 Å². The summed E-state index contributed by atoms with van der Waals surface area (Å²) in [4.78, 5) is 30.4. The number of carbonyl (C=O) groups excluding carboxylic acids is 2. The lowest BCUT2D eigenvalue weighted by molar-refractivity contribution is 0.0777. The first-order valence-electron chi connectivity index (χ1n) is 7.19. The van der Waals surface area contributed by atoms with E-state index < -0.39 is 0 Å². The smallest absolute Gasteiger partial charge is 0.272 e. The summed E-state index contributed by atoms with van der Waals surface area (Å²) in [5.41, 5.74) is 2.16. The molecule has 1 aliphatic rings. The zero-order valence-corrected chi connectivity index (χ0v) is 13.1. The number of nitrogens with one attached hydrogen (secondary N) is 1. The lowest BCUT2D eigenvalue weighted by Gasteiger charge is -2.16. The SMILES string of the molecule is Cc1cscc1C(=O)N[C@H]1CCN(C(=O)c2ccccn2)C1. The predicted octanol–water partition coefficient (Wildman–Crippen LogP) is 2.10. The largest absolute Gasteiger partial charge is 0.347 e. The molecular formula is C16H17N3O2S. The van der Waals surface area contributed by atoms with Crippen molar-refractivity contribution in [1.29, 1.82) is 0 Å². The van der Waals surface area contributed by atoms with Gasteiger partial charge in [0.15, 0.2) is 0 Å². The van der Waals surface area contributed by atoms with E-state index in [1.807, 2.05) is 17.7 Å². The van der Waals surface area contributed by atoms with Gasteiger partial charge in [0.2, 0.25) is 0 Å². The van der Waals surface area contributed by atoms with Gasteiger partial charge in [-0.15, -0.1) is 0 Å². The number of aromatic nitrogens is 1. The van der Waals surface area contributed by atoms with E-state index in [0.717, 1.165) is 17.5 Å². The highest BCUT2D eigenvalue weighted by Gasteiger charge is 2.28. The van der Waals surface area contributed by atoms with Crippen molar-refractivity contribution >= 4 is 23.2 Å². The van der Waals surface area contributed by atoms with Gasteiger partial charge in [-0.1, -0.05) is 6.07 Å². The van der Waals surface area contributed by atoms with E-state index in [4.69, 9.17) is 0 Å². The molecule has 1 N–H and O–H groups in total. The van der Waals surface area contributed by atoms with E-state index in [1.54, 1.807) is 29.3 Å². The maximum absolute atomic E-state index is 12.3. The molecule has 0 aliphatic carbocycles. The van der Waals surface area contributed by atoms with Gasteiger partial charge < -0.3 is 10.2 Å². The number of aryl methyl sites for hydroxylation is 1. The van der Waals surface area contributed by atoms with Crippen LogP contribution in [0.25, 0.3) is 0 Å². The first-order chi connectivity index (χ1) is 10.6. The molecule has 114 valence electrons. The molecule has 5 nitrogen and oxygen atoms in total. The zero-order chi connectivity index (χ0) is 15.5. The summed E-state index contributed by atoms with van der Waals surface area (Å²) >= 11 is 1.52. The molecule has 0 bridgehead atoms. The monoisotopic (exact) mass is 315 g/mol. The van der Waals surface area contributed by atoms with Crippen LogP contribution in [-0.2, 0) is 0 Å². The zero-order valence-electron chi connectivity index (χ0n) is 12.3. The van der Waals surface area contributed by atoms with Crippen molar-refractivity contribution in [2.24, 2.45) is 0 Å². The average Bonchev–Trinajstić information content (AvgIpc) is 3.16. The van der Waals surface area contributed by atoms with Crippen LogP contribution in [0.2, 0.25) is 0 Å². The molecule has 0 radical (unpaired) electrons. The Balaban J connectivity index is 1.60. The third-order valence-electron chi connectivity index (χ3n) is 3.79. The van der Waals surface area contributed by atoms with E-state index >= 15 is 0 Å². The molecule has 0 spiro atoms. The fourth-order valence-corrected chi connectivity index (χ4v) is 3.40. The number of hydrogen-bond acceptors (Lipinski definition) is 4. The van der Waals surface area contributed by atoms with Crippen molar-refractivity contribution in [2.45, 2.75) is 19.4 Å². The normalized spacial score (nSPS) is 17.5. The van der Waals surface area contributed by atoms with Crippen molar-refractivity contribution in [3.63, 3.8) is 0 Å². The van der Waals surface area contributed by atoms with Crippen LogP contribution in [0.15, 0.2) is 35.2 Å². The Morgan fingerprint density at radius 2 is 2.23 bits per heavy atom. The molecule has 1 fully saturated rings. The van der Waals surface area contributed by atoms with Crippen molar-refractivity contribution in [3.8, 4) is 0 Å². The van der Waals surface area contributed by atoms with Gasteiger partial charge in [-0.05, 0) is 36.4 Å². The molecule has 3 rings (SSSR count). The van der Waals surface area contributed by atoms with E-state index in [1.165, 1.54) is 11.3 Å². The van der Waals surface area contributed by atoms with Gasteiger partial charge in [0.1, 0.15) is 5.69 Å². The standard InChI is InChI=1S/C16H17N3O2S/c1-11-9-22-10-13(11)15(20)18-12-5-7-19(8-12)16(21)14-4-2-3-6-17-14/h2-4,6,9-10,12H,5,7-8H2,1H3,(H,18,20)/t12-/m0/s1. The summed E-state index contributed by atoms with van der Waals surface area (Å²) in [6.07, 6.45) is 2.38. The number of amides is 2. The molecule has 6 heteroatoms. The van der Waals surface area contributed by atoms with Crippen LogP contribution in [0, 0.1) is 6.92 Å². The van der Waals surface area contributed by atoms with Crippen molar-refractivity contribution in [2.75, 3.05) is 13.1 Å². The van der Waals surface area contributed by atoms with Gasteiger partial charge in [-0.25, -0.2) is 0 Å². The molecule has 0 unspecified atom stereocenters. The minimum Gasteiger partial charge on any atom is -0.347 e. The summed E-state index contributed by atoms with van der Waals surface area (Å²) in [5.74, 6) is -0.139. The second-order valence-corrected chi connectivity index (χ2v) is 6.14. The average molecular weight is 315 g/mol. The Labute approximate surface area is 133 Å². The van der Waals surface area contributed by atoms with Crippen LogP contribution in [-0.4, -0.2) is 40.8 Å². The summed E-state index contributed by atoms with van der Waals surface area (Å²) < 4.78 is 0. The summed E-state index contributed by atoms with van der Waals surface area (Å²) in [6, 6.07) is 5.30. The molecule has 0 aromatic carbocycles. The second kappa shape index (κ2) is 6.27. The van der Waals surface area contributed by atoms with Crippen LogP contribution in [0.5, 0.6) is 0 Å². The fourth-order valence-electron chi connectivity index (χ4n) is 2.57. The van der Waals surface area contributed by atoms with Crippen LogP contribution < -0.4 is 5.32 Å². The molecule has 1 saturated heterocycles. The van der Waals surface area contributed by atoms with Crippen LogP contribution >= 0.6 is 11.3 Å². The second-order valence-electron chi connectivity index (χ2n) is 5.39.